The Morgan fingerprint density at radius 3 is 2.20 bits per heavy atom. The quantitative estimate of drug-likeness (QED) is 0.832. The first kappa shape index (κ1) is 17.0. The van der Waals surface area contributed by atoms with Gasteiger partial charge in [0.15, 0.2) is 0 Å². The zero-order valence-corrected chi connectivity index (χ0v) is 12.1. The van der Waals surface area contributed by atoms with Crippen LogP contribution < -0.4 is 5.73 Å². The molecule has 0 aliphatic rings. The fraction of sp³-hybridized carbons (Fsp3) is 0.600. The van der Waals surface area contributed by atoms with Crippen LogP contribution >= 0.6 is 0 Å². The molecule has 1 aromatic rings. The van der Waals surface area contributed by atoms with Gasteiger partial charge in [-0.2, -0.15) is 13.2 Å². The maximum absolute atomic E-state index is 12.5. The Morgan fingerprint density at radius 2 is 1.75 bits per heavy atom. The Kier molecular flexibility index (Phi) is 6.49. The van der Waals surface area contributed by atoms with Crippen LogP contribution in [0.25, 0.3) is 0 Å². The maximum Gasteiger partial charge on any atom is 0.416 e. The van der Waals surface area contributed by atoms with Crippen molar-refractivity contribution in [2.75, 3.05) is 19.6 Å². The van der Waals surface area contributed by atoms with Crippen LogP contribution in [-0.4, -0.2) is 24.5 Å². The Hall–Kier alpha value is -1.07. The molecule has 0 fully saturated rings. The average Bonchev–Trinajstić information content (AvgIpc) is 2.35. The first-order valence-corrected chi connectivity index (χ1v) is 6.91. The van der Waals surface area contributed by atoms with Crippen LogP contribution in [0.5, 0.6) is 0 Å². The summed E-state index contributed by atoms with van der Waals surface area (Å²) < 4.78 is 37.5. The predicted octanol–water partition coefficient (Wildman–Crippen LogP) is 3.51. The highest BCUT2D eigenvalue weighted by atomic mass is 19.4. The van der Waals surface area contributed by atoms with Crippen molar-refractivity contribution in [1.29, 1.82) is 0 Å². The van der Waals surface area contributed by atoms with E-state index < -0.39 is 11.7 Å². The molecule has 2 nitrogen and oxygen atoms in total. The number of hydrogen-bond donors (Lipinski definition) is 1. The molecule has 0 amide bonds. The van der Waals surface area contributed by atoms with Crippen LogP contribution in [-0.2, 0) is 12.7 Å². The molecule has 114 valence electrons. The molecule has 0 aromatic heterocycles. The summed E-state index contributed by atoms with van der Waals surface area (Å²) in [6, 6.07) is 5.40. The SMILES string of the molecule is CC(C)CN(CCCN)Cc1ccc(C(F)(F)F)cc1. The van der Waals surface area contributed by atoms with E-state index in [1.807, 2.05) is 0 Å². The third-order valence-corrected chi connectivity index (χ3v) is 2.99. The summed E-state index contributed by atoms with van der Waals surface area (Å²) in [5.74, 6) is 0.516. The molecule has 0 radical (unpaired) electrons. The number of hydrogen-bond acceptors (Lipinski definition) is 2. The Morgan fingerprint density at radius 1 is 1.15 bits per heavy atom. The third kappa shape index (κ3) is 5.92. The Labute approximate surface area is 118 Å². The van der Waals surface area contributed by atoms with Crippen molar-refractivity contribution < 1.29 is 13.2 Å². The van der Waals surface area contributed by atoms with Crippen molar-refractivity contribution in [3.63, 3.8) is 0 Å². The van der Waals surface area contributed by atoms with Gasteiger partial charge in [-0.05, 0) is 43.1 Å². The first-order valence-electron chi connectivity index (χ1n) is 6.91. The molecule has 0 heterocycles. The number of rotatable bonds is 7. The van der Waals surface area contributed by atoms with Crippen LogP contribution in [0.15, 0.2) is 24.3 Å². The molecule has 2 N–H and O–H groups in total. The summed E-state index contributed by atoms with van der Waals surface area (Å²) in [5.41, 5.74) is 5.82. The summed E-state index contributed by atoms with van der Waals surface area (Å²) in [6.07, 6.45) is -3.37. The van der Waals surface area contributed by atoms with Gasteiger partial charge in [-0.25, -0.2) is 0 Å². The van der Waals surface area contributed by atoms with E-state index in [0.717, 1.165) is 37.2 Å². The summed E-state index contributed by atoms with van der Waals surface area (Å²) in [6.45, 7) is 7.33. The topological polar surface area (TPSA) is 29.3 Å². The number of nitrogens with two attached hydrogens (primary N) is 1. The fourth-order valence-corrected chi connectivity index (χ4v) is 2.12. The predicted molar refractivity (Wildman–Crippen MR) is 75.2 cm³/mol. The normalized spacial score (nSPS) is 12.4. The summed E-state index contributed by atoms with van der Waals surface area (Å²) in [7, 11) is 0. The van der Waals surface area contributed by atoms with Gasteiger partial charge in [0, 0.05) is 13.1 Å². The van der Waals surface area contributed by atoms with Gasteiger partial charge in [-0.3, -0.25) is 4.90 Å². The fourth-order valence-electron chi connectivity index (χ4n) is 2.12. The van der Waals surface area contributed by atoms with Gasteiger partial charge in [0.25, 0.3) is 0 Å². The zero-order chi connectivity index (χ0) is 15.2. The second kappa shape index (κ2) is 7.64. The second-order valence-electron chi connectivity index (χ2n) is 5.47. The molecule has 5 heteroatoms. The lowest BCUT2D eigenvalue weighted by molar-refractivity contribution is -0.137. The van der Waals surface area contributed by atoms with Gasteiger partial charge in [-0.15, -0.1) is 0 Å². The van der Waals surface area contributed by atoms with Crippen LogP contribution in [0.1, 0.15) is 31.4 Å². The molecule has 0 aliphatic carbocycles. The minimum atomic E-state index is -4.27. The molecule has 0 aliphatic heterocycles. The van der Waals surface area contributed by atoms with E-state index in [9.17, 15) is 13.2 Å². The molecule has 20 heavy (non-hydrogen) atoms. The van der Waals surface area contributed by atoms with Crippen LogP contribution in [0.2, 0.25) is 0 Å². The Bertz CT molecular complexity index is 385. The molecule has 1 rings (SSSR count). The molecule has 1 aromatic carbocycles. The molecule has 0 saturated carbocycles. The molecule has 0 spiro atoms. The van der Waals surface area contributed by atoms with E-state index in [2.05, 4.69) is 18.7 Å². The van der Waals surface area contributed by atoms with Crippen molar-refractivity contribution >= 4 is 0 Å². The lowest BCUT2D eigenvalue weighted by Crippen LogP contribution is -2.29. The number of halogens is 3. The van der Waals surface area contributed by atoms with E-state index in [1.54, 1.807) is 12.1 Å². The van der Waals surface area contributed by atoms with E-state index in [-0.39, 0.29) is 0 Å². The lowest BCUT2D eigenvalue weighted by Gasteiger charge is -2.24. The van der Waals surface area contributed by atoms with E-state index in [0.29, 0.717) is 19.0 Å². The second-order valence-corrected chi connectivity index (χ2v) is 5.47. The van der Waals surface area contributed by atoms with Crippen molar-refractivity contribution in [2.45, 2.75) is 33.0 Å². The van der Waals surface area contributed by atoms with Gasteiger partial charge < -0.3 is 5.73 Å². The molecule has 0 atom stereocenters. The molecular weight excluding hydrogens is 265 g/mol. The minimum absolute atomic E-state index is 0.516. The highest BCUT2D eigenvalue weighted by Gasteiger charge is 2.29. The molecular formula is C15H23F3N2. The smallest absolute Gasteiger partial charge is 0.330 e. The van der Waals surface area contributed by atoms with Crippen molar-refractivity contribution in [3.8, 4) is 0 Å². The number of alkyl halides is 3. The third-order valence-electron chi connectivity index (χ3n) is 2.99. The van der Waals surface area contributed by atoms with Gasteiger partial charge in [-0.1, -0.05) is 26.0 Å². The first-order chi connectivity index (χ1) is 9.32. The summed E-state index contributed by atoms with van der Waals surface area (Å²) >= 11 is 0. The lowest BCUT2D eigenvalue weighted by atomic mass is 10.1. The highest BCUT2D eigenvalue weighted by Crippen LogP contribution is 2.29. The van der Waals surface area contributed by atoms with Crippen molar-refractivity contribution in [3.05, 3.63) is 35.4 Å². The standard InChI is InChI=1S/C15H23F3N2/c1-12(2)10-20(9-3-8-19)11-13-4-6-14(7-5-13)15(16,17)18/h4-7,12H,3,8-11,19H2,1-2H3. The van der Waals surface area contributed by atoms with Crippen LogP contribution in [0, 0.1) is 5.92 Å². The summed E-state index contributed by atoms with van der Waals surface area (Å²) in [5, 5.41) is 0. The average molecular weight is 288 g/mol. The van der Waals surface area contributed by atoms with Gasteiger partial charge in [0.1, 0.15) is 0 Å². The molecule has 0 bridgehead atoms. The monoisotopic (exact) mass is 288 g/mol. The zero-order valence-electron chi connectivity index (χ0n) is 12.1. The van der Waals surface area contributed by atoms with E-state index >= 15 is 0 Å². The molecule has 0 unspecified atom stereocenters. The van der Waals surface area contributed by atoms with Gasteiger partial charge in [0.05, 0.1) is 5.56 Å². The van der Waals surface area contributed by atoms with E-state index in [1.165, 1.54) is 0 Å². The highest BCUT2D eigenvalue weighted by molar-refractivity contribution is 5.24. The minimum Gasteiger partial charge on any atom is -0.330 e. The van der Waals surface area contributed by atoms with Crippen LogP contribution in [0.3, 0.4) is 0 Å². The van der Waals surface area contributed by atoms with E-state index in [4.69, 9.17) is 5.73 Å². The van der Waals surface area contributed by atoms with Crippen molar-refractivity contribution in [2.24, 2.45) is 11.7 Å². The molecule has 0 saturated heterocycles. The number of nitrogens with zero attached hydrogens (tertiary/aromatic N) is 1. The Balaban J connectivity index is 2.68. The largest absolute Gasteiger partial charge is 0.416 e. The van der Waals surface area contributed by atoms with Gasteiger partial charge in [0.2, 0.25) is 0 Å². The number of benzene rings is 1. The van der Waals surface area contributed by atoms with Crippen molar-refractivity contribution in [1.82, 2.24) is 4.90 Å². The van der Waals surface area contributed by atoms with Crippen LogP contribution in [0.4, 0.5) is 13.2 Å². The summed E-state index contributed by atoms with van der Waals surface area (Å²) in [4.78, 5) is 2.24. The van der Waals surface area contributed by atoms with Gasteiger partial charge >= 0.3 is 6.18 Å². The maximum atomic E-state index is 12.5.